The first-order valence-electron chi connectivity index (χ1n) is 7.41. The van der Waals surface area contributed by atoms with E-state index in [2.05, 4.69) is 5.32 Å². The van der Waals surface area contributed by atoms with Gasteiger partial charge in [-0.05, 0) is 32.0 Å². The van der Waals surface area contributed by atoms with Gasteiger partial charge in [0.2, 0.25) is 5.75 Å². The number of hydrogen-bond donors (Lipinski definition) is 1. The van der Waals surface area contributed by atoms with Crippen molar-refractivity contribution in [2.45, 2.75) is 18.9 Å². The van der Waals surface area contributed by atoms with Crippen molar-refractivity contribution in [1.82, 2.24) is 10.2 Å². The van der Waals surface area contributed by atoms with Gasteiger partial charge in [-0.1, -0.05) is 0 Å². The molecule has 0 atom stereocenters. The van der Waals surface area contributed by atoms with Crippen LogP contribution in [0.15, 0.2) is 12.1 Å². The van der Waals surface area contributed by atoms with Gasteiger partial charge in [-0.3, -0.25) is 4.79 Å². The molecule has 1 aromatic carbocycles. The maximum atomic E-state index is 12.7. The van der Waals surface area contributed by atoms with Crippen LogP contribution >= 0.6 is 0 Å². The zero-order chi connectivity index (χ0) is 16.1. The van der Waals surface area contributed by atoms with E-state index in [1.54, 1.807) is 33.5 Å². The molecule has 1 aliphatic heterocycles. The first-order valence-corrected chi connectivity index (χ1v) is 7.41. The first-order chi connectivity index (χ1) is 10.6. The zero-order valence-electron chi connectivity index (χ0n) is 13.6. The van der Waals surface area contributed by atoms with E-state index < -0.39 is 0 Å². The maximum absolute atomic E-state index is 12.7. The molecule has 2 rings (SSSR count). The summed E-state index contributed by atoms with van der Waals surface area (Å²) in [6.07, 6.45) is 1.93. The molecule has 6 heteroatoms. The highest BCUT2D eigenvalue weighted by atomic mass is 16.5. The Morgan fingerprint density at radius 3 is 2.05 bits per heavy atom. The normalized spacial score (nSPS) is 15.5. The van der Waals surface area contributed by atoms with E-state index in [9.17, 15) is 4.79 Å². The molecular weight excluding hydrogens is 284 g/mol. The molecule has 1 heterocycles. The molecule has 1 fully saturated rings. The summed E-state index contributed by atoms with van der Waals surface area (Å²) in [6.45, 7) is 1.50. The predicted octanol–water partition coefficient (Wildman–Crippen LogP) is 1.54. The lowest BCUT2D eigenvalue weighted by atomic mass is 10.0. The van der Waals surface area contributed by atoms with Gasteiger partial charge in [-0.25, -0.2) is 0 Å². The molecule has 1 N–H and O–H groups in total. The van der Waals surface area contributed by atoms with Gasteiger partial charge < -0.3 is 24.4 Å². The Balaban J connectivity index is 2.23. The third kappa shape index (κ3) is 3.27. The zero-order valence-corrected chi connectivity index (χ0v) is 13.6. The third-order valence-electron chi connectivity index (χ3n) is 4.10. The van der Waals surface area contributed by atoms with Gasteiger partial charge in [0.1, 0.15) is 0 Å². The van der Waals surface area contributed by atoms with Crippen molar-refractivity contribution in [1.29, 1.82) is 0 Å². The van der Waals surface area contributed by atoms with Crippen molar-refractivity contribution in [2.75, 3.05) is 41.5 Å². The topological polar surface area (TPSA) is 60.0 Å². The lowest BCUT2D eigenvalue weighted by Crippen LogP contribution is -2.43. The maximum Gasteiger partial charge on any atom is 0.254 e. The van der Waals surface area contributed by atoms with Crippen molar-refractivity contribution in [3.63, 3.8) is 0 Å². The highest BCUT2D eigenvalue weighted by molar-refractivity contribution is 5.95. The van der Waals surface area contributed by atoms with Crippen LogP contribution < -0.4 is 19.5 Å². The highest BCUT2D eigenvalue weighted by Gasteiger charge is 2.25. The fourth-order valence-corrected chi connectivity index (χ4v) is 2.76. The second kappa shape index (κ2) is 7.35. The molecule has 0 aliphatic carbocycles. The van der Waals surface area contributed by atoms with Gasteiger partial charge >= 0.3 is 0 Å². The SMILES string of the molecule is CNC1CCN(C(=O)c2cc(OC)c(OC)c(OC)c2)CC1. The number of piperidine rings is 1. The van der Waals surface area contributed by atoms with Crippen molar-refractivity contribution >= 4 is 5.91 Å². The van der Waals surface area contributed by atoms with Crippen LogP contribution in [0.4, 0.5) is 0 Å². The molecule has 0 unspecified atom stereocenters. The molecule has 1 aliphatic rings. The summed E-state index contributed by atoms with van der Waals surface area (Å²) >= 11 is 0. The third-order valence-corrected chi connectivity index (χ3v) is 4.10. The summed E-state index contributed by atoms with van der Waals surface area (Å²) in [6, 6.07) is 3.89. The number of amides is 1. The van der Waals surface area contributed by atoms with Gasteiger partial charge in [0, 0.05) is 24.7 Å². The van der Waals surface area contributed by atoms with E-state index in [-0.39, 0.29) is 5.91 Å². The highest BCUT2D eigenvalue weighted by Crippen LogP contribution is 2.38. The number of benzene rings is 1. The number of methoxy groups -OCH3 is 3. The van der Waals surface area contributed by atoms with Crippen LogP contribution in [0.2, 0.25) is 0 Å². The number of carbonyl (C=O) groups excluding carboxylic acids is 1. The van der Waals surface area contributed by atoms with Crippen LogP contribution in [0, 0.1) is 0 Å². The largest absolute Gasteiger partial charge is 0.493 e. The fourth-order valence-electron chi connectivity index (χ4n) is 2.76. The number of carbonyl (C=O) groups is 1. The number of ether oxygens (including phenoxy) is 3. The monoisotopic (exact) mass is 308 g/mol. The lowest BCUT2D eigenvalue weighted by molar-refractivity contribution is 0.0706. The molecule has 6 nitrogen and oxygen atoms in total. The predicted molar refractivity (Wildman–Crippen MR) is 84.1 cm³/mol. The molecule has 1 amide bonds. The number of likely N-dealkylation sites (tertiary alicyclic amines) is 1. The van der Waals surface area contributed by atoms with Crippen molar-refractivity contribution in [2.24, 2.45) is 0 Å². The minimum absolute atomic E-state index is 0.00574. The summed E-state index contributed by atoms with van der Waals surface area (Å²) < 4.78 is 15.9. The van der Waals surface area contributed by atoms with E-state index in [4.69, 9.17) is 14.2 Å². The van der Waals surface area contributed by atoms with Crippen molar-refractivity contribution in [3.8, 4) is 17.2 Å². The van der Waals surface area contributed by atoms with E-state index in [1.807, 2.05) is 11.9 Å². The Labute approximate surface area is 131 Å². The number of hydrogen-bond acceptors (Lipinski definition) is 5. The van der Waals surface area contributed by atoms with E-state index >= 15 is 0 Å². The first kappa shape index (κ1) is 16.4. The van der Waals surface area contributed by atoms with Crippen LogP contribution in [0.1, 0.15) is 23.2 Å². The second-order valence-electron chi connectivity index (χ2n) is 5.27. The van der Waals surface area contributed by atoms with Crippen molar-refractivity contribution < 1.29 is 19.0 Å². The summed E-state index contributed by atoms with van der Waals surface area (Å²) in [5.41, 5.74) is 0.553. The molecule has 22 heavy (non-hydrogen) atoms. The number of nitrogens with zero attached hydrogens (tertiary/aromatic N) is 1. The minimum Gasteiger partial charge on any atom is -0.493 e. The van der Waals surface area contributed by atoms with Crippen LogP contribution in [0.5, 0.6) is 17.2 Å². The molecule has 1 saturated heterocycles. The summed E-state index contributed by atoms with van der Waals surface area (Å²) in [5.74, 6) is 1.48. The Hall–Kier alpha value is -1.95. The van der Waals surface area contributed by atoms with Gasteiger partial charge in [0.05, 0.1) is 21.3 Å². The molecule has 0 radical (unpaired) electrons. The van der Waals surface area contributed by atoms with E-state index in [1.165, 1.54) is 0 Å². The average molecular weight is 308 g/mol. The van der Waals surface area contributed by atoms with Crippen LogP contribution in [0.3, 0.4) is 0 Å². The van der Waals surface area contributed by atoms with Crippen molar-refractivity contribution in [3.05, 3.63) is 17.7 Å². The molecule has 0 saturated carbocycles. The Kier molecular flexibility index (Phi) is 5.49. The molecule has 0 spiro atoms. The fraction of sp³-hybridized carbons (Fsp3) is 0.562. The van der Waals surface area contributed by atoms with Gasteiger partial charge in [-0.15, -0.1) is 0 Å². The standard InChI is InChI=1S/C16H24N2O4/c1-17-12-5-7-18(8-6-12)16(19)11-9-13(20-2)15(22-4)14(10-11)21-3/h9-10,12,17H,5-8H2,1-4H3. The van der Waals surface area contributed by atoms with Gasteiger partial charge in [-0.2, -0.15) is 0 Å². The summed E-state index contributed by atoms with van der Waals surface area (Å²) in [7, 11) is 6.60. The Morgan fingerprint density at radius 1 is 1.09 bits per heavy atom. The summed E-state index contributed by atoms with van der Waals surface area (Å²) in [4.78, 5) is 14.6. The van der Waals surface area contributed by atoms with Crippen LogP contribution in [-0.4, -0.2) is 58.3 Å². The molecule has 1 aromatic rings. The quantitative estimate of drug-likeness (QED) is 0.894. The number of nitrogens with one attached hydrogen (secondary N) is 1. The smallest absolute Gasteiger partial charge is 0.254 e. The van der Waals surface area contributed by atoms with E-state index in [0.717, 1.165) is 25.9 Å². The molecule has 122 valence electrons. The Bertz CT molecular complexity index is 500. The Morgan fingerprint density at radius 2 is 1.64 bits per heavy atom. The minimum atomic E-state index is -0.00574. The van der Waals surface area contributed by atoms with Crippen LogP contribution in [-0.2, 0) is 0 Å². The van der Waals surface area contributed by atoms with E-state index in [0.29, 0.717) is 28.9 Å². The molecule has 0 bridgehead atoms. The van der Waals surface area contributed by atoms with Gasteiger partial charge in [0.15, 0.2) is 11.5 Å². The summed E-state index contributed by atoms with van der Waals surface area (Å²) in [5, 5.41) is 3.26. The molecule has 0 aromatic heterocycles. The molecular formula is C16H24N2O4. The average Bonchev–Trinajstić information content (AvgIpc) is 2.59. The lowest BCUT2D eigenvalue weighted by Gasteiger charge is -2.32. The number of rotatable bonds is 5. The van der Waals surface area contributed by atoms with Crippen LogP contribution in [0.25, 0.3) is 0 Å². The van der Waals surface area contributed by atoms with Gasteiger partial charge in [0.25, 0.3) is 5.91 Å². The second-order valence-corrected chi connectivity index (χ2v) is 5.27.